The molecular weight excluding hydrogens is 442 g/mol. The number of carbonyl (C=O) groups excluding carboxylic acids is 6. The molecule has 1 aliphatic rings. The van der Waals surface area contributed by atoms with Crippen molar-refractivity contribution in [2.24, 2.45) is 11.1 Å². The van der Waals surface area contributed by atoms with Crippen LogP contribution in [0.3, 0.4) is 0 Å². The van der Waals surface area contributed by atoms with Crippen molar-refractivity contribution < 1.29 is 38.2 Å². The lowest BCUT2D eigenvalue weighted by Crippen LogP contribution is -2.50. The Hall–Kier alpha value is -2.47. The van der Waals surface area contributed by atoms with Crippen LogP contribution in [0, 0.1) is 5.41 Å². The Morgan fingerprint density at radius 1 is 1.12 bits per heavy atom. The van der Waals surface area contributed by atoms with Gasteiger partial charge in [0.2, 0.25) is 5.91 Å². The number of ketones is 1. The standard InChI is InChI=1S/C20H31N3O8S/c1-12(21)19(29)31-17-18(28)23-7-6-14(25)22-8-9-32-16(27)10-13(24)4-5-15(26)30-11-20(17,2)3/h12,17H,4-11,21H2,1-3H3,(H,22,25)(H,23,28)/t12-,17-/m0/s1. The van der Waals surface area contributed by atoms with Gasteiger partial charge in [0.25, 0.3) is 5.91 Å². The van der Waals surface area contributed by atoms with Crippen LogP contribution >= 0.6 is 11.8 Å². The summed E-state index contributed by atoms with van der Waals surface area (Å²) < 4.78 is 10.5. The molecule has 11 nitrogen and oxygen atoms in total. The molecule has 0 aromatic rings. The predicted octanol–water partition coefficient (Wildman–Crippen LogP) is -0.550. The number of esters is 2. The van der Waals surface area contributed by atoms with E-state index in [1.54, 1.807) is 13.8 Å². The molecule has 1 aliphatic heterocycles. The summed E-state index contributed by atoms with van der Waals surface area (Å²) in [4.78, 5) is 72.4. The van der Waals surface area contributed by atoms with Crippen LogP contribution in [0.4, 0.5) is 0 Å². The molecule has 180 valence electrons. The van der Waals surface area contributed by atoms with Crippen LogP contribution in [0.2, 0.25) is 0 Å². The van der Waals surface area contributed by atoms with Gasteiger partial charge < -0.3 is 25.8 Å². The molecule has 0 aromatic carbocycles. The van der Waals surface area contributed by atoms with Gasteiger partial charge in [-0.2, -0.15) is 0 Å². The minimum Gasteiger partial charge on any atom is -0.465 e. The Labute approximate surface area is 190 Å². The Kier molecular flexibility index (Phi) is 11.3. The molecule has 0 spiro atoms. The highest BCUT2D eigenvalue weighted by Crippen LogP contribution is 2.25. The van der Waals surface area contributed by atoms with Crippen molar-refractivity contribution >= 4 is 46.4 Å². The van der Waals surface area contributed by atoms with E-state index in [2.05, 4.69) is 10.6 Å². The van der Waals surface area contributed by atoms with Gasteiger partial charge in [-0.25, -0.2) is 0 Å². The minimum atomic E-state index is -1.34. The molecule has 0 saturated carbocycles. The van der Waals surface area contributed by atoms with E-state index in [4.69, 9.17) is 15.2 Å². The molecule has 0 radical (unpaired) electrons. The molecule has 32 heavy (non-hydrogen) atoms. The van der Waals surface area contributed by atoms with E-state index in [1.165, 1.54) is 6.92 Å². The lowest BCUT2D eigenvalue weighted by Gasteiger charge is -2.32. The molecule has 2 amide bonds. The average molecular weight is 474 g/mol. The summed E-state index contributed by atoms with van der Waals surface area (Å²) in [5, 5.41) is 4.80. The van der Waals surface area contributed by atoms with Crippen molar-refractivity contribution in [2.45, 2.75) is 58.6 Å². The highest BCUT2D eigenvalue weighted by atomic mass is 32.2. The first-order chi connectivity index (χ1) is 14.9. The highest BCUT2D eigenvalue weighted by Gasteiger charge is 2.40. The Balaban J connectivity index is 2.95. The summed E-state index contributed by atoms with van der Waals surface area (Å²) in [6.45, 7) is 4.45. The smallest absolute Gasteiger partial charge is 0.323 e. The first-order valence-corrected chi connectivity index (χ1v) is 11.2. The van der Waals surface area contributed by atoms with Gasteiger partial charge in [0.15, 0.2) is 11.2 Å². The Morgan fingerprint density at radius 2 is 1.81 bits per heavy atom. The quantitative estimate of drug-likeness (QED) is 0.349. The third-order valence-electron chi connectivity index (χ3n) is 4.45. The van der Waals surface area contributed by atoms with Crippen LogP contribution in [-0.2, 0) is 38.2 Å². The zero-order valence-electron chi connectivity index (χ0n) is 18.6. The zero-order chi connectivity index (χ0) is 24.3. The molecule has 1 saturated heterocycles. The topological polar surface area (TPSA) is 171 Å². The maximum atomic E-state index is 12.7. The number of amides is 2. The van der Waals surface area contributed by atoms with Crippen molar-refractivity contribution in [3.05, 3.63) is 0 Å². The minimum absolute atomic E-state index is 0.0205. The van der Waals surface area contributed by atoms with Gasteiger partial charge in [-0.3, -0.25) is 28.8 Å². The van der Waals surface area contributed by atoms with Crippen LogP contribution in [0.1, 0.15) is 46.5 Å². The number of thioether (sulfide) groups is 1. The Bertz CT molecular complexity index is 738. The monoisotopic (exact) mass is 473 g/mol. The summed E-state index contributed by atoms with van der Waals surface area (Å²) in [5.41, 5.74) is 4.40. The fourth-order valence-electron chi connectivity index (χ4n) is 2.58. The van der Waals surface area contributed by atoms with Crippen LogP contribution in [0.5, 0.6) is 0 Å². The number of rotatable bonds is 2. The van der Waals surface area contributed by atoms with Crippen molar-refractivity contribution in [2.75, 3.05) is 25.4 Å². The fraction of sp³-hybridized carbons (Fsp3) is 0.700. The van der Waals surface area contributed by atoms with Crippen LogP contribution < -0.4 is 16.4 Å². The number of hydrogen-bond acceptors (Lipinski definition) is 10. The third kappa shape index (κ3) is 10.2. The second-order valence-corrected chi connectivity index (χ2v) is 9.23. The number of carbonyl (C=O) groups is 6. The lowest BCUT2D eigenvalue weighted by atomic mass is 9.86. The summed E-state index contributed by atoms with van der Waals surface area (Å²) >= 11 is 0.919. The first kappa shape index (κ1) is 27.6. The van der Waals surface area contributed by atoms with Gasteiger partial charge in [-0.1, -0.05) is 25.6 Å². The molecule has 0 bridgehead atoms. The van der Waals surface area contributed by atoms with Crippen molar-refractivity contribution in [3.63, 3.8) is 0 Å². The van der Waals surface area contributed by atoms with Crippen LogP contribution in [-0.4, -0.2) is 72.2 Å². The molecule has 1 heterocycles. The molecular formula is C20H31N3O8S. The molecule has 2 atom stereocenters. The number of hydrogen-bond donors (Lipinski definition) is 3. The van der Waals surface area contributed by atoms with Gasteiger partial charge >= 0.3 is 11.9 Å². The van der Waals surface area contributed by atoms with E-state index in [9.17, 15) is 28.8 Å². The van der Waals surface area contributed by atoms with Crippen LogP contribution in [0.25, 0.3) is 0 Å². The van der Waals surface area contributed by atoms with E-state index in [0.717, 1.165) is 11.8 Å². The predicted molar refractivity (Wildman–Crippen MR) is 115 cm³/mol. The lowest BCUT2D eigenvalue weighted by molar-refractivity contribution is -0.169. The number of ether oxygens (including phenoxy) is 2. The second kappa shape index (κ2) is 13.2. The molecule has 4 N–H and O–H groups in total. The van der Waals surface area contributed by atoms with E-state index < -0.39 is 41.2 Å². The van der Waals surface area contributed by atoms with Crippen molar-refractivity contribution in [1.29, 1.82) is 0 Å². The highest BCUT2D eigenvalue weighted by molar-refractivity contribution is 8.13. The molecule has 0 aromatic heterocycles. The summed E-state index contributed by atoms with van der Waals surface area (Å²) in [6.07, 6.45) is -2.07. The third-order valence-corrected chi connectivity index (χ3v) is 5.32. The maximum Gasteiger partial charge on any atom is 0.323 e. The average Bonchev–Trinajstić information content (AvgIpc) is 2.71. The van der Waals surface area contributed by atoms with Gasteiger partial charge in [-0.05, 0) is 6.92 Å². The number of nitrogens with two attached hydrogens (primary N) is 1. The van der Waals surface area contributed by atoms with Gasteiger partial charge in [0, 0.05) is 37.1 Å². The van der Waals surface area contributed by atoms with E-state index >= 15 is 0 Å². The van der Waals surface area contributed by atoms with Gasteiger partial charge in [-0.15, -0.1) is 0 Å². The molecule has 12 heteroatoms. The molecule has 1 fully saturated rings. The van der Waals surface area contributed by atoms with E-state index in [1.807, 2.05) is 0 Å². The second-order valence-electron chi connectivity index (χ2n) is 8.08. The van der Waals surface area contributed by atoms with Crippen molar-refractivity contribution in [3.8, 4) is 0 Å². The van der Waals surface area contributed by atoms with E-state index in [0.29, 0.717) is 0 Å². The fourth-order valence-corrected chi connectivity index (χ4v) is 3.28. The van der Waals surface area contributed by atoms with Crippen molar-refractivity contribution in [1.82, 2.24) is 10.6 Å². The number of nitrogens with one attached hydrogen (secondary N) is 2. The Morgan fingerprint density at radius 3 is 2.47 bits per heavy atom. The van der Waals surface area contributed by atoms with Gasteiger partial charge in [0.1, 0.15) is 18.4 Å². The summed E-state index contributed by atoms with van der Waals surface area (Å²) in [7, 11) is 0. The number of Topliss-reactive ketones (excluding diaryl/α,β-unsaturated/α-hetero) is 1. The van der Waals surface area contributed by atoms with Gasteiger partial charge in [0.05, 0.1) is 12.8 Å². The maximum absolute atomic E-state index is 12.7. The normalized spacial score (nSPS) is 23.5. The largest absolute Gasteiger partial charge is 0.465 e. The molecule has 1 rings (SSSR count). The summed E-state index contributed by atoms with van der Waals surface area (Å²) in [5.74, 6) is -2.61. The SMILES string of the molecule is C[C@H](N)C(=O)O[C@H]1C(=O)NCCC(=O)NCCSC(=O)CC(=O)CCC(=O)OCC1(C)C. The first-order valence-electron chi connectivity index (χ1n) is 10.3. The summed E-state index contributed by atoms with van der Waals surface area (Å²) in [6, 6.07) is -0.976. The molecule has 0 aliphatic carbocycles. The van der Waals surface area contributed by atoms with Crippen LogP contribution in [0.15, 0.2) is 0 Å². The zero-order valence-corrected chi connectivity index (χ0v) is 19.4. The number of cyclic esters (lactones) is 1. The van der Waals surface area contributed by atoms with E-state index in [-0.39, 0.29) is 62.2 Å². The molecule has 0 unspecified atom stereocenters.